The lowest BCUT2D eigenvalue weighted by atomic mass is 9.91. The van der Waals surface area contributed by atoms with Gasteiger partial charge in [-0.3, -0.25) is 9.69 Å². The molecule has 34 heavy (non-hydrogen) atoms. The number of carbonyl (C=O) groups excluding carboxylic acids is 1. The zero-order valence-corrected chi connectivity index (χ0v) is 20.5. The summed E-state index contributed by atoms with van der Waals surface area (Å²) in [6.07, 6.45) is 0.917. The van der Waals surface area contributed by atoms with Gasteiger partial charge >= 0.3 is 0 Å². The topological polar surface area (TPSA) is 98.8 Å². The van der Waals surface area contributed by atoms with Gasteiger partial charge in [0.15, 0.2) is 11.5 Å². The number of fused-ring (bicyclic) bond motifs is 1. The van der Waals surface area contributed by atoms with Crippen LogP contribution in [0, 0.1) is 0 Å². The predicted octanol–water partition coefficient (Wildman–Crippen LogP) is 5.06. The average Bonchev–Trinajstić information content (AvgIpc) is 3.23. The van der Waals surface area contributed by atoms with Crippen LogP contribution in [0.2, 0.25) is 0 Å². The zero-order chi connectivity index (χ0) is 24.6. The summed E-state index contributed by atoms with van der Waals surface area (Å²) in [5.41, 5.74) is 5.10. The molecule has 4 rings (SSSR count). The fourth-order valence-electron chi connectivity index (χ4n) is 4.55. The normalized spacial score (nSPS) is 14.0. The van der Waals surface area contributed by atoms with Crippen LogP contribution in [0.5, 0.6) is 11.5 Å². The van der Waals surface area contributed by atoms with E-state index >= 15 is 0 Å². The molecular weight excluding hydrogens is 430 g/mol. The standard InChI is InChI=1S/C27H33N3O4/c1-6-28-27(33)25-24(18-7-8-19-14-30(16(4)5)10-9-17(19)11-18)26(34-29-25)21-12-20(15(2)3)22(31)13-23(21)32/h7-8,11-13,15-16,31-32H,6,9-10,14H2,1-5H3,(H,28,33). The summed E-state index contributed by atoms with van der Waals surface area (Å²) in [6.45, 7) is 12.5. The number of hydrogen-bond acceptors (Lipinski definition) is 6. The van der Waals surface area contributed by atoms with Crippen molar-refractivity contribution in [2.75, 3.05) is 13.1 Å². The first-order valence-corrected chi connectivity index (χ1v) is 11.9. The number of nitrogens with zero attached hydrogens (tertiary/aromatic N) is 2. The van der Waals surface area contributed by atoms with Crippen molar-refractivity contribution in [1.29, 1.82) is 0 Å². The minimum absolute atomic E-state index is 0.0183. The van der Waals surface area contributed by atoms with Crippen molar-refractivity contribution in [3.05, 3.63) is 52.7 Å². The molecule has 7 heteroatoms. The summed E-state index contributed by atoms with van der Waals surface area (Å²) in [5, 5.41) is 27.9. The van der Waals surface area contributed by atoms with E-state index in [4.69, 9.17) is 4.52 Å². The molecule has 0 radical (unpaired) electrons. The van der Waals surface area contributed by atoms with Gasteiger partial charge in [-0.25, -0.2) is 0 Å². The van der Waals surface area contributed by atoms with Gasteiger partial charge in [-0.2, -0.15) is 0 Å². The Morgan fingerprint density at radius 2 is 1.88 bits per heavy atom. The van der Waals surface area contributed by atoms with E-state index in [0.29, 0.717) is 35.0 Å². The molecule has 2 aromatic carbocycles. The first-order chi connectivity index (χ1) is 16.2. The second-order valence-corrected chi connectivity index (χ2v) is 9.48. The monoisotopic (exact) mass is 463 g/mol. The summed E-state index contributed by atoms with van der Waals surface area (Å²) in [5.74, 6) is -0.114. The highest BCUT2D eigenvalue weighted by atomic mass is 16.5. The fourth-order valence-corrected chi connectivity index (χ4v) is 4.55. The van der Waals surface area contributed by atoms with Gasteiger partial charge in [-0.05, 0) is 61.4 Å². The van der Waals surface area contributed by atoms with E-state index in [9.17, 15) is 15.0 Å². The molecule has 2 heterocycles. The lowest BCUT2D eigenvalue weighted by molar-refractivity contribution is 0.0947. The maximum absolute atomic E-state index is 12.9. The number of benzene rings is 2. The predicted molar refractivity (Wildman–Crippen MR) is 132 cm³/mol. The van der Waals surface area contributed by atoms with Crippen LogP contribution in [0.1, 0.15) is 67.7 Å². The van der Waals surface area contributed by atoms with Crippen LogP contribution in [0.15, 0.2) is 34.9 Å². The first-order valence-electron chi connectivity index (χ1n) is 11.9. The van der Waals surface area contributed by atoms with E-state index in [1.165, 1.54) is 17.2 Å². The molecule has 1 amide bonds. The lowest BCUT2D eigenvalue weighted by Crippen LogP contribution is -2.35. The number of hydrogen-bond donors (Lipinski definition) is 3. The summed E-state index contributed by atoms with van der Waals surface area (Å²) in [4.78, 5) is 15.3. The molecule has 0 spiro atoms. The van der Waals surface area contributed by atoms with Crippen molar-refractivity contribution >= 4 is 5.91 Å². The Morgan fingerprint density at radius 1 is 1.12 bits per heavy atom. The largest absolute Gasteiger partial charge is 0.508 e. The van der Waals surface area contributed by atoms with Crippen molar-refractivity contribution in [3.63, 3.8) is 0 Å². The molecule has 0 atom stereocenters. The van der Waals surface area contributed by atoms with Crippen LogP contribution < -0.4 is 5.32 Å². The van der Waals surface area contributed by atoms with Gasteiger partial charge < -0.3 is 20.1 Å². The lowest BCUT2D eigenvalue weighted by Gasteiger charge is -2.32. The van der Waals surface area contributed by atoms with Crippen LogP contribution >= 0.6 is 0 Å². The van der Waals surface area contributed by atoms with Crippen molar-refractivity contribution in [1.82, 2.24) is 15.4 Å². The molecule has 0 aliphatic carbocycles. The quantitative estimate of drug-likeness (QED) is 0.473. The number of nitrogens with one attached hydrogen (secondary N) is 1. The second kappa shape index (κ2) is 9.50. The van der Waals surface area contributed by atoms with Gasteiger partial charge in [-0.15, -0.1) is 0 Å². The minimum atomic E-state index is -0.335. The summed E-state index contributed by atoms with van der Waals surface area (Å²) < 4.78 is 5.69. The van der Waals surface area contributed by atoms with E-state index < -0.39 is 0 Å². The molecule has 1 aromatic heterocycles. The third-order valence-electron chi connectivity index (χ3n) is 6.52. The third-order valence-corrected chi connectivity index (χ3v) is 6.52. The van der Waals surface area contributed by atoms with Crippen LogP contribution in [-0.4, -0.2) is 45.3 Å². The molecule has 3 N–H and O–H groups in total. The van der Waals surface area contributed by atoms with Gasteiger partial charge in [0.05, 0.1) is 11.1 Å². The van der Waals surface area contributed by atoms with Gasteiger partial charge in [0.25, 0.3) is 5.91 Å². The van der Waals surface area contributed by atoms with Gasteiger partial charge in [-0.1, -0.05) is 37.2 Å². The van der Waals surface area contributed by atoms with E-state index in [1.54, 1.807) is 6.07 Å². The van der Waals surface area contributed by atoms with Crippen molar-refractivity contribution < 1.29 is 19.5 Å². The average molecular weight is 464 g/mol. The number of amides is 1. The molecular formula is C27H33N3O4. The minimum Gasteiger partial charge on any atom is -0.508 e. The zero-order valence-electron chi connectivity index (χ0n) is 20.5. The summed E-state index contributed by atoms with van der Waals surface area (Å²) in [6, 6.07) is 9.70. The molecule has 0 unspecified atom stereocenters. The highest BCUT2D eigenvalue weighted by Crippen LogP contribution is 2.43. The molecule has 1 aliphatic rings. The maximum atomic E-state index is 12.9. The number of carbonyl (C=O) groups is 1. The van der Waals surface area contributed by atoms with Crippen molar-refractivity contribution in [2.24, 2.45) is 0 Å². The van der Waals surface area contributed by atoms with Crippen LogP contribution in [0.3, 0.4) is 0 Å². The Hall–Kier alpha value is -3.32. The Bertz CT molecular complexity index is 1210. The molecule has 0 saturated carbocycles. The van der Waals surface area contributed by atoms with Crippen molar-refractivity contribution in [2.45, 2.75) is 59.5 Å². The first kappa shape index (κ1) is 23.8. The highest BCUT2D eigenvalue weighted by Gasteiger charge is 2.28. The van der Waals surface area contributed by atoms with Crippen LogP contribution in [0.25, 0.3) is 22.5 Å². The Labute approximate surface area is 200 Å². The molecule has 3 aromatic rings. The molecule has 0 bridgehead atoms. The van der Waals surface area contributed by atoms with E-state index in [-0.39, 0.29) is 29.0 Å². The Morgan fingerprint density at radius 3 is 2.56 bits per heavy atom. The van der Waals surface area contributed by atoms with Gasteiger partial charge in [0, 0.05) is 31.7 Å². The van der Waals surface area contributed by atoms with Gasteiger partial charge in [0.2, 0.25) is 0 Å². The van der Waals surface area contributed by atoms with Crippen LogP contribution in [0.4, 0.5) is 0 Å². The van der Waals surface area contributed by atoms with E-state index in [1.807, 2.05) is 26.8 Å². The van der Waals surface area contributed by atoms with E-state index in [0.717, 1.165) is 25.1 Å². The van der Waals surface area contributed by atoms with Crippen molar-refractivity contribution in [3.8, 4) is 33.9 Å². The molecule has 180 valence electrons. The van der Waals surface area contributed by atoms with Gasteiger partial charge in [0.1, 0.15) is 11.5 Å². The number of phenolic OH excluding ortho intramolecular Hbond substituents is 2. The summed E-state index contributed by atoms with van der Waals surface area (Å²) in [7, 11) is 0. The number of aromatic hydroxyl groups is 2. The van der Waals surface area contributed by atoms with E-state index in [2.05, 4.69) is 41.4 Å². The Balaban J connectivity index is 1.87. The summed E-state index contributed by atoms with van der Waals surface area (Å²) >= 11 is 0. The number of phenols is 2. The smallest absolute Gasteiger partial charge is 0.274 e. The SMILES string of the molecule is CCNC(=O)c1noc(-c2cc(C(C)C)c(O)cc2O)c1-c1ccc2c(c1)CCN(C(C)C)C2. The highest BCUT2D eigenvalue weighted by molar-refractivity contribution is 6.02. The second-order valence-electron chi connectivity index (χ2n) is 9.48. The van der Waals surface area contributed by atoms with Crippen LogP contribution in [-0.2, 0) is 13.0 Å². The number of aromatic nitrogens is 1. The maximum Gasteiger partial charge on any atom is 0.274 e. The number of rotatable bonds is 6. The Kier molecular flexibility index (Phi) is 6.66. The molecule has 0 fully saturated rings. The fraction of sp³-hybridized carbons (Fsp3) is 0.407. The third kappa shape index (κ3) is 4.40. The molecule has 1 aliphatic heterocycles. The molecule has 0 saturated heterocycles. The molecule has 7 nitrogen and oxygen atoms in total.